The van der Waals surface area contributed by atoms with E-state index in [0.717, 1.165) is 5.56 Å². The summed E-state index contributed by atoms with van der Waals surface area (Å²) in [7, 11) is -3.72. The summed E-state index contributed by atoms with van der Waals surface area (Å²) in [6, 6.07) is 4.56. The summed E-state index contributed by atoms with van der Waals surface area (Å²) >= 11 is 5.95. The number of anilines is 1. The van der Waals surface area contributed by atoms with Gasteiger partial charge in [-0.15, -0.1) is 0 Å². The van der Waals surface area contributed by atoms with E-state index in [0.29, 0.717) is 11.4 Å². The van der Waals surface area contributed by atoms with Gasteiger partial charge in [0.2, 0.25) is 10.0 Å². The summed E-state index contributed by atoms with van der Waals surface area (Å²) in [6.45, 7) is 1.86. The molecule has 0 amide bonds. The molecule has 0 spiro atoms. The highest BCUT2D eigenvalue weighted by Gasteiger charge is 2.19. The zero-order chi connectivity index (χ0) is 14.0. The van der Waals surface area contributed by atoms with Gasteiger partial charge in [0, 0.05) is 11.9 Å². The number of nitrogens with two attached hydrogens (primary N) is 1. The zero-order valence-corrected chi connectivity index (χ0v) is 11.7. The first-order valence-corrected chi connectivity index (χ1v) is 7.30. The van der Waals surface area contributed by atoms with Gasteiger partial charge >= 0.3 is 0 Å². The van der Waals surface area contributed by atoms with E-state index < -0.39 is 10.0 Å². The number of hydrogen-bond acceptors (Lipinski definition) is 4. The minimum absolute atomic E-state index is 0.0308. The highest BCUT2D eigenvalue weighted by molar-refractivity contribution is 7.89. The Morgan fingerprint density at radius 1 is 1.47 bits per heavy atom. The van der Waals surface area contributed by atoms with Crippen molar-refractivity contribution in [2.24, 2.45) is 0 Å². The number of nitrogens with one attached hydrogen (secondary N) is 2. The Hall–Kier alpha value is -1.57. The predicted octanol–water partition coefficient (Wildman–Crippen LogP) is 1.43. The lowest BCUT2D eigenvalue weighted by Gasteiger charge is -2.10. The van der Waals surface area contributed by atoms with Crippen LogP contribution in [0.25, 0.3) is 0 Å². The van der Waals surface area contributed by atoms with Crippen molar-refractivity contribution in [3.63, 3.8) is 0 Å². The fourth-order valence-electron chi connectivity index (χ4n) is 1.51. The standard InChI is InChI=1S/C11H13ClN4O2S/c1-7-4-9(12)11(5-10(7)13)19(17,18)15-6-8-2-3-14-16-8/h2-5,15H,6,13H2,1H3,(H,14,16). The summed E-state index contributed by atoms with van der Waals surface area (Å²) in [5, 5.41) is 6.54. The van der Waals surface area contributed by atoms with Gasteiger partial charge in [-0.1, -0.05) is 11.6 Å². The Morgan fingerprint density at radius 2 is 2.21 bits per heavy atom. The van der Waals surface area contributed by atoms with E-state index in [9.17, 15) is 8.42 Å². The van der Waals surface area contributed by atoms with Crippen molar-refractivity contribution < 1.29 is 8.42 Å². The normalized spacial score (nSPS) is 11.7. The number of halogens is 1. The summed E-state index contributed by atoms with van der Waals surface area (Å²) in [4.78, 5) is -0.0308. The fraction of sp³-hybridized carbons (Fsp3) is 0.182. The van der Waals surface area contributed by atoms with E-state index in [1.165, 1.54) is 12.1 Å². The minimum Gasteiger partial charge on any atom is -0.398 e. The van der Waals surface area contributed by atoms with Crippen molar-refractivity contribution in [3.05, 3.63) is 40.7 Å². The van der Waals surface area contributed by atoms with Gasteiger partial charge < -0.3 is 5.73 Å². The summed E-state index contributed by atoms with van der Waals surface area (Å²) in [6.07, 6.45) is 1.54. The average Bonchev–Trinajstić information content (AvgIpc) is 2.84. The van der Waals surface area contributed by atoms with Gasteiger partial charge in [-0.25, -0.2) is 13.1 Å². The molecular weight excluding hydrogens is 288 g/mol. The molecule has 0 atom stereocenters. The maximum Gasteiger partial charge on any atom is 0.242 e. The van der Waals surface area contributed by atoms with Gasteiger partial charge in [-0.05, 0) is 30.7 Å². The fourth-order valence-corrected chi connectivity index (χ4v) is 3.13. The maximum absolute atomic E-state index is 12.1. The lowest BCUT2D eigenvalue weighted by atomic mass is 10.2. The first-order chi connectivity index (χ1) is 8.90. The molecule has 1 heterocycles. The molecule has 1 aromatic carbocycles. The van der Waals surface area contributed by atoms with Crippen LogP contribution < -0.4 is 10.5 Å². The molecule has 0 bridgehead atoms. The van der Waals surface area contributed by atoms with Crippen molar-refractivity contribution >= 4 is 27.3 Å². The van der Waals surface area contributed by atoms with Crippen LogP contribution in [0, 0.1) is 6.92 Å². The molecule has 0 fully saturated rings. The largest absolute Gasteiger partial charge is 0.398 e. The van der Waals surface area contributed by atoms with Crippen LogP contribution in [0.2, 0.25) is 5.02 Å². The van der Waals surface area contributed by atoms with Gasteiger partial charge in [0.15, 0.2) is 0 Å². The molecule has 8 heteroatoms. The van der Waals surface area contributed by atoms with Crippen LogP contribution in [0.1, 0.15) is 11.3 Å². The van der Waals surface area contributed by atoms with Crippen LogP contribution in [0.15, 0.2) is 29.3 Å². The van der Waals surface area contributed by atoms with Gasteiger partial charge in [-0.3, -0.25) is 5.10 Å². The molecule has 6 nitrogen and oxygen atoms in total. The quantitative estimate of drug-likeness (QED) is 0.744. The zero-order valence-electron chi connectivity index (χ0n) is 10.1. The number of benzene rings is 1. The second-order valence-electron chi connectivity index (χ2n) is 4.05. The van der Waals surface area contributed by atoms with E-state index in [1.54, 1.807) is 19.2 Å². The smallest absolute Gasteiger partial charge is 0.242 e. The van der Waals surface area contributed by atoms with Crippen molar-refractivity contribution in [1.29, 1.82) is 0 Å². The number of sulfonamides is 1. The van der Waals surface area contributed by atoms with E-state index in [-0.39, 0.29) is 16.5 Å². The Morgan fingerprint density at radius 3 is 2.84 bits per heavy atom. The van der Waals surface area contributed by atoms with Gasteiger partial charge in [0.1, 0.15) is 4.90 Å². The van der Waals surface area contributed by atoms with Crippen molar-refractivity contribution in [2.45, 2.75) is 18.4 Å². The van der Waals surface area contributed by atoms with Crippen LogP contribution in [0.3, 0.4) is 0 Å². The Labute approximate surface area is 116 Å². The average molecular weight is 301 g/mol. The minimum atomic E-state index is -3.72. The van der Waals surface area contributed by atoms with Crippen molar-refractivity contribution in [1.82, 2.24) is 14.9 Å². The monoisotopic (exact) mass is 300 g/mol. The van der Waals surface area contributed by atoms with Crippen molar-refractivity contribution in [3.8, 4) is 0 Å². The third kappa shape index (κ3) is 3.06. The maximum atomic E-state index is 12.1. The van der Waals surface area contributed by atoms with Gasteiger partial charge in [-0.2, -0.15) is 5.10 Å². The molecule has 2 rings (SSSR count). The van der Waals surface area contributed by atoms with Crippen LogP contribution in [-0.4, -0.2) is 18.6 Å². The molecular formula is C11H13ClN4O2S. The van der Waals surface area contributed by atoms with E-state index in [1.807, 2.05) is 0 Å². The van der Waals surface area contributed by atoms with E-state index >= 15 is 0 Å². The molecule has 0 saturated heterocycles. The number of nitrogen functional groups attached to an aromatic ring is 1. The molecule has 0 saturated carbocycles. The highest BCUT2D eigenvalue weighted by Crippen LogP contribution is 2.26. The molecule has 0 aliphatic carbocycles. The molecule has 19 heavy (non-hydrogen) atoms. The first kappa shape index (κ1) is 13.9. The number of H-pyrrole nitrogens is 1. The predicted molar refractivity (Wildman–Crippen MR) is 73.2 cm³/mol. The molecule has 0 aliphatic heterocycles. The van der Waals surface area contributed by atoms with Crippen LogP contribution in [0.5, 0.6) is 0 Å². The summed E-state index contributed by atoms with van der Waals surface area (Å²) in [5.41, 5.74) is 7.48. The molecule has 2 aromatic rings. The second-order valence-corrected chi connectivity index (χ2v) is 6.19. The third-order valence-corrected chi connectivity index (χ3v) is 4.49. The number of rotatable bonds is 4. The highest BCUT2D eigenvalue weighted by atomic mass is 35.5. The number of aromatic nitrogens is 2. The number of hydrogen-bond donors (Lipinski definition) is 3. The van der Waals surface area contributed by atoms with Crippen molar-refractivity contribution in [2.75, 3.05) is 5.73 Å². The van der Waals surface area contributed by atoms with Crippen LogP contribution >= 0.6 is 11.6 Å². The Bertz CT molecular complexity index is 683. The SMILES string of the molecule is Cc1cc(Cl)c(S(=O)(=O)NCc2ccn[nH]2)cc1N. The lowest BCUT2D eigenvalue weighted by Crippen LogP contribution is -2.24. The second kappa shape index (κ2) is 5.20. The Balaban J connectivity index is 2.27. The molecule has 0 radical (unpaired) electrons. The first-order valence-electron chi connectivity index (χ1n) is 5.43. The van der Waals surface area contributed by atoms with Gasteiger partial charge in [0.05, 0.1) is 17.3 Å². The number of aryl methyl sites for hydroxylation is 1. The van der Waals surface area contributed by atoms with Gasteiger partial charge in [0.25, 0.3) is 0 Å². The topological polar surface area (TPSA) is 101 Å². The number of aromatic amines is 1. The van der Waals surface area contributed by atoms with Crippen LogP contribution in [-0.2, 0) is 16.6 Å². The molecule has 0 aliphatic rings. The third-order valence-electron chi connectivity index (χ3n) is 2.62. The number of nitrogens with zero attached hydrogens (tertiary/aromatic N) is 1. The van der Waals surface area contributed by atoms with E-state index in [4.69, 9.17) is 17.3 Å². The lowest BCUT2D eigenvalue weighted by molar-refractivity contribution is 0.580. The molecule has 4 N–H and O–H groups in total. The molecule has 102 valence electrons. The molecule has 1 aromatic heterocycles. The van der Waals surface area contributed by atoms with Crippen LogP contribution in [0.4, 0.5) is 5.69 Å². The summed E-state index contributed by atoms with van der Waals surface area (Å²) in [5.74, 6) is 0. The van der Waals surface area contributed by atoms with E-state index in [2.05, 4.69) is 14.9 Å². The Kier molecular flexibility index (Phi) is 3.79. The molecule has 0 unspecified atom stereocenters. The summed E-state index contributed by atoms with van der Waals surface area (Å²) < 4.78 is 26.7.